The molecule has 3 rings (SSSR count). The van der Waals surface area contributed by atoms with E-state index in [1.54, 1.807) is 0 Å². The van der Waals surface area contributed by atoms with Crippen molar-refractivity contribution in [3.8, 4) is 0 Å². The second-order valence-electron chi connectivity index (χ2n) is 5.08. The molecular weight excluding hydrogens is 176 g/mol. The molecule has 2 bridgehead atoms. The maximum atomic E-state index is 5.88. The van der Waals surface area contributed by atoms with Gasteiger partial charge in [0.15, 0.2) is 0 Å². The van der Waals surface area contributed by atoms with E-state index in [-0.39, 0.29) is 0 Å². The van der Waals surface area contributed by atoms with Crippen molar-refractivity contribution in [1.29, 1.82) is 0 Å². The number of hydrogen-bond donors (Lipinski definition) is 2. The lowest BCUT2D eigenvalue weighted by molar-refractivity contribution is 0.0852. The van der Waals surface area contributed by atoms with E-state index in [0.717, 1.165) is 19.0 Å². The van der Waals surface area contributed by atoms with Crippen LogP contribution in [0.15, 0.2) is 0 Å². The fraction of sp³-hybridized carbons (Fsp3) is 1.00. The number of fused-ring (bicyclic) bond motifs is 2. The average molecular weight is 196 g/mol. The van der Waals surface area contributed by atoms with Crippen LogP contribution in [0.3, 0.4) is 0 Å². The molecule has 3 aliphatic heterocycles. The van der Waals surface area contributed by atoms with Crippen LogP contribution in [-0.4, -0.2) is 37.4 Å². The van der Waals surface area contributed by atoms with E-state index in [1.807, 2.05) is 0 Å². The van der Waals surface area contributed by atoms with Crippen LogP contribution in [0.2, 0.25) is 0 Å². The highest BCUT2D eigenvalue weighted by Crippen LogP contribution is 2.40. The summed E-state index contributed by atoms with van der Waals surface area (Å²) in [5.41, 5.74) is 0. The van der Waals surface area contributed by atoms with Gasteiger partial charge in [-0.25, -0.2) is 0 Å². The van der Waals surface area contributed by atoms with Crippen molar-refractivity contribution >= 4 is 0 Å². The molecule has 0 radical (unpaired) electrons. The van der Waals surface area contributed by atoms with E-state index < -0.39 is 0 Å². The Bertz CT molecular complexity index is 217. The summed E-state index contributed by atoms with van der Waals surface area (Å²) in [7, 11) is 0. The molecule has 3 aliphatic rings. The molecule has 3 heteroatoms. The molecule has 0 amide bonds. The molecular formula is C11H20N2O. The van der Waals surface area contributed by atoms with Gasteiger partial charge in [-0.1, -0.05) is 0 Å². The molecule has 14 heavy (non-hydrogen) atoms. The van der Waals surface area contributed by atoms with E-state index >= 15 is 0 Å². The Kier molecular flexibility index (Phi) is 2.26. The third-order valence-electron chi connectivity index (χ3n) is 4.08. The van der Waals surface area contributed by atoms with E-state index in [2.05, 4.69) is 17.6 Å². The molecule has 3 fully saturated rings. The summed E-state index contributed by atoms with van der Waals surface area (Å²) in [5.74, 6) is 0.773. The van der Waals surface area contributed by atoms with Gasteiger partial charge < -0.3 is 15.4 Å². The minimum absolute atomic E-state index is 0.565. The summed E-state index contributed by atoms with van der Waals surface area (Å²) in [6.45, 7) is 4.62. The topological polar surface area (TPSA) is 33.3 Å². The first-order chi connectivity index (χ1) is 6.83. The van der Waals surface area contributed by atoms with Crippen LogP contribution >= 0.6 is 0 Å². The predicted octanol–water partition coefficient (Wildman–Crippen LogP) is 0.504. The van der Waals surface area contributed by atoms with Gasteiger partial charge in [0.1, 0.15) is 0 Å². The third kappa shape index (κ3) is 1.47. The minimum atomic E-state index is 0.565. The van der Waals surface area contributed by atoms with Gasteiger partial charge in [0, 0.05) is 31.1 Å². The van der Waals surface area contributed by atoms with Gasteiger partial charge in [-0.2, -0.15) is 0 Å². The second-order valence-corrected chi connectivity index (χ2v) is 5.08. The van der Waals surface area contributed by atoms with E-state index in [0.29, 0.717) is 24.3 Å². The van der Waals surface area contributed by atoms with Gasteiger partial charge >= 0.3 is 0 Å². The van der Waals surface area contributed by atoms with Gasteiger partial charge in [0.05, 0.1) is 12.2 Å². The third-order valence-corrected chi connectivity index (χ3v) is 4.08. The molecule has 3 saturated heterocycles. The molecule has 0 saturated carbocycles. The van der Waals surface area contributed by atoms with Crippen LogP contribution in [-0.2, 0) is 4.74 Å². The predicted molar refractivity (Wildman–Crippen MR) is 55.3 cm³/mol. The quantitative estimate of drug-likeness (QED) is 0.690. The van der Waals surface area contributed by atoms with Crippen molar-refractivity contribution in [2.45, 2.75) is 50.5 Å². The second kappa shape index (κ2) is 3.47. The highest BCUT2D eigenvalue weighted by Gasteiger charge is 2.43. The SMILES string of the molecule is CC(NC1CNC1)C1CC2CCC1O2. The minimum Gasteiger partial charge on any atom is -0.375 e. The van der Waals surface area contributed by atoms with Crippen molar-refractivity contribution < 1.29 is 4.74 Å². The molecule has 2 N–H and O–H groups in total. The van der Waals surface area contributed by atoms with Crippen molar-refractivity contribution in [2.75, 3.05) is 13.1 Å². The molecule has 80 valence electrons. The van der Waals surface area contributed by atoms with Crippen molar-refractivity contribution in [3.63, 3.8) is 0 Å². The first-order valence-corrected chi connectivity index (χ1v) is 5.95. The molecule has 0 aliphatic carbocycles. The van der Waals surface area contributed by atoms with E-state index in [9.17, 15) is 0 Å². The largest absolute Gasteiger partial charge is 0.375 e. The Balaban J connectivity index is 1.54. The summed E-state index contributed by atoms with van der Waals surface area (Å²) in [6.07, 6.45) is 5.05. The zero-order valence-corrected chi connectivity index (χ0v) is 8.83. The Hall–Kier alpha value is -0.120. The Morgan fingerprint density at radius 3 is 2.71 bits per heavy atom. The summed E-state index contributed by atoms with van der Waals surface area (Å²) in [4.78, 5) is 0. The van der Waals surface area contributed by atoms with Crippen LogP contribution in [0.1, 0.15) is 26.2 Å². The van der Waals surface area contributed by atoms with Gasteiger partial charge in [0.25, 0.3) is 0 Å². The molecule has 0 aromatic heterocycles. The zero-order chi connectivity index (χ0) is 9.54. The number of nitrogens with one attached hydrogen (secondary N) is 2. The summed E-state index contributed by atoms with van der Waals surface area (Å²) in [6, 6.07) is 1.35. The monoisotopic (exact) mass is 196 g/mol. The first kappa shape index (κ1) is 9.13. The fourth-order valence-corrected chi connectivity index (χ4v) is 3.11. The normalized spacial score (nSPS) is 43.9. The van der Waals surface area contributed by atoms with Crippen molar-refractivity contribution in [3.05, 3.63) is 0 Å². The van der Waals surface area contributed by atoms with Crippen LogP contribution < -0.4 is 10.6 Å². The molecule has 3 heterocycles. The highest BCUT2D eigenvalue weighted by molar-refractivity contribution is 4.96. The molecule has 0 spiro atoms. The molecule has 3 nitrogen and oxygen atoms in total. The lowest BCUT2D eigenvalue weighted by Crippen LogP contribution is -2.59. The van der Waals surface area contributed by atoms with Gasteiger partial charge in [-0.15, -0.1) is 0 Å². The standard InChI is InChI=1S/C11H20N2O/c1-7(13-8-5-12-6-8)10-4-9-2-3-11(10)14-9/h7-13H,2-6H2,1H3. The van der Waals surface area contributed by atoms with Crippen molar-refractivity contribution in [1.82, 2.24) is 10.6 Å². The Morgan fingerprint density at radius 2 is 2.21 bits per heavy atom. The molecule has 0 aromatic rings. The maximum absolute atomic E-state index is 5.88. The lowest BCUT2D eigenvalue weighted by atomic mass is 9.84. The Labute approximate surface area is 85.6 Å². The van der Waals surface area contributed by atoms with Crippen LogP contribution in [0.5, 0.6) is 0 Å². The summed E-state index contributed by atoms with van der Waals surface area (Å²) >= 11 is 0. The first-order valence-electron chi connectivity index (χ1n) is 5.95. The number of rotatable bonds is 3. The van der Waals surface area contributed by atoms with E-state index in [1.165, 1.54) is 19.3 Å². The molecule has 0 aromatic carbocycles. The number of hydrogen-bond acceptors (Lipinski definition) is 3. The smallest absolute Gasteiger partial charge is 0.0623 e. The zero-order valence-electron chi connectivity index (χ0n) is 8.83. The maximum Gasteiger partial charge on any atom is 0.0623 e. The summed E-state index contributed by atoms with van der Waals surface area (Å²) in [5, 5.41) is 7.00. The van der Waals surface area contributed by atoms with Crippen LogP contribution in [0.25, 0.3) is 0 Å². The summed E-state index contributed by atoms with van der Waals surface area (Å²) < 4.78 is 5.88. The van der Waals surface area contributed by atoms with Gasteiger partial charge in [-0.3, -0.25) is 0 Å². The van der Waals surface area contributed by atoms with Crippen molar-refractivity contribution in [2.24, 2.45) is 5.92 Å². The Morgan fingerprint density at radius 1 is 1.36 bits per heavy atom. The van der Waals surface area contributed by atoms with E-state index in [4.69, 9.17) is 4.74 Å². The fourth-order valence-electron chi connectivity index (χ4n) is 3.11. The number of ether oxygens (including phenoxy) is 1. The highest BCUT2D eigenvalue weighted by atomic mass is 16.5. The molecule has 4 unspecified atom stereocenters. The van der Waals surface area contributed by atoms with Crippen LogP contribution in [0.4, 0.5) is 0 Å². The average Bonchev–Trinajstić information content (AvgIpc) is 2.71. The van der Waals surface area contributed by atoms with Gasteiger partial charge in [-0.05, 0) is 26.2 Å². The lowest BCUT2D eigenvalue weighted by Gasteiger charge is -2.35. The van der Waals surface area contributed by atoms with Crippen LogP contribution in [0, 0.1) is 5.92 Å². The van der Waals surface area contributed by atoms with Gasteiger partial charge in [0.2, 0.25) is 0 Å². The molecule has 4 atom stereocenters.